The van der Waals surface area contributed by atoms with Gasteiger partial charge in [0.05, 0.1) is 11.0 Å². The number of rotatable bonds is 4. The highest BCUT2D eigenvalue weighted by molar-refractivity contribution is 9.10. The monoisotopic (exact) mass is 336 g/mol. The number of nitro benzene ring substituents is 1. The number of ether oxygens (including phenoxy) is 1. The second-order valence-electron chi connectivity index (χ2n) is 4.31. The van der Waals surface area contributed by atoms with E-state index < -0.39 is 4.92 Å². The second-order valence-corrected chi connectivity index (χ2v) is 5.22. The number of nitrogens with zero attached hydrogens (tertiary/aromatic N) is 1. The van der Waals surface area contributed by atoms with Crippen LogP contribution in [0.1, 0.15) is 11.1 Å². The second kappa shape index (κ2) is 6.02. The molecule has 0 aromatic heterocycles. The van der Waals surface area contributed by atoms with Gasteiger partial charge in [-0.05, 0) is 30.2 Å². The molecule has 0 saturated carbocycles. The minimum absolute atomic E-state index is 0.0259. The first-order valence-electron chi connectivity index (χ1n) is 5.92. The largest absolute Gasteiger partial charge is 0.457 e. The highest BCUT2D eigenvalue weighted by Crippen LogP contribution is 2.31. The van der Waals surface area contributed by atoms with Crippen LogP contribution in [0.25, 0.3) is 0 Å². The lowest BCUT2D eigenvalue weighted by Crippen LogP contribution is -1.97. The van der Waals surface area contributed by atoms with E-state index in [9.17, 15) is 10.1 Å². The molecule has 0 spiro atoms. The number of halogens is 1. The Labute approximate surface area is 124 Å². The molecular formula is C14H13BrN2O3. The van der Waals surface area contributed by atoms with Crippen LogP contribution in [0.2, 0.25) is 0 Å². The van der Waals surface area contributed by atoms with Gasteiger partial charge >= 0.3 is 0 Å². The Morgan fingerprint density at radius 2 is 2.05 bits per heavy atom. The minimum Gasteiger partial charge on any atom is -0.457 e. The van der Waals surface area contributed by atoms with Crippen LogP contribution in [0.5, 0.6) is 11.5 Å². The van der Waals surface area contributed by atoms with E-state index in [4.69, 9.17) is 10.5 Å². The maximum atomic E-state index is 10.8. The number of aryl methyl sites for hydroxylation is 1. The number of hydrogen-bond acceptors (Lipinski definition) is 4. The van der Waals surface area contributed by atoms with Gasteiger partial charge in [0.1, 0.15) is 11.5 Å². The normalized spacial score (nSPS) is 10.3. The van der Waals surface area contributed by atoms with E-state index >= 15 is 0 Å². The minimum atomic E-state index is -0.458. The SMILES string of the molecule is Cc1ccc(CN)cc1Oc1cc(Br)cc([N+](=O)[O-])c1. The molecule has 0 unspecified atom stereocenters. The zero-order valence-electron chi connectivity index (χ0n) is 10.8. The first-order valence-corrected chi connectivity index (χ1v) is 6.71. The molecule has 5 nitrogen and oxygen atoms in total. The van der Waals surface area contributed by atoms with Gasteiger partial charge in [0.15, 0.2) is 0 Å². The third-order valence-electron chi connectivity index (χ3n) is 2.78. The lowest BCUT2D eigenvalue weighted by molar-refractivity contribution is -0.385. The molecule has 0 saturated heterocycles. The molecule has 2 rings (SSSR count). The Hall–Kier alpha value is -1.92. The highest BCUT2D eigenvalue weighted by atomic mass is 79.9. The molecule has 0 atom stereocenters. The maximum Gasteiger partial charge on any atom is 0.274 e. The van der Waals surface area contributed by atoms with Crippen molar-refractivity contribution in [3.8, 4) is 11.5 Å². The number of non-ortho nitro benzene ring substituents is 1. The molecule has 2 aromatic rings. The fraction of sp³-hybridized carbons (Fsp3) is 0.143. The van der Waals surface area contributed by atoms with E-state index in [1.807, 2.05) is 25.1 Å². The van der Waals surface area contributed by atoms with Crippen LogP contribution in [0.3, 0.4) is 0 Å². The molecule has 2 N–H and O–H groups in total. The summed E-state index contributed by atoms with van der Waals surface area (Å²) >= 11 is 3.24. The van der Waals surface area contributed by atoms with Crippen molar-refractivity contribution in [1.82, 2.24) is 0 Å². The zero-order valence-corrected chi connectivity index (χ0v) is 12.4. The predicted molar refractivity (Wildman–Crippen MR) is 79.9 cm³/mol. The van der Waals surface area contributed by atoms with Gasteiger partial charge in [-0.1, -0.05) is 28.1 Å². The fourth-order valence-corrected chi connectivity index (χ4v) is 2.18. The standard InChI is InChI=1S/C14H13BrN2O3/c1-9-2-3-10(8-16)4-14(9)20-13-6-11(15)5-12(7-13)17(18)19/h2-7H,8,16H2,1H3. The summed E-state index contributed by atoms with van der Waals surface area (Å²) in [6, 6.07) is 10.2. The predicted octanol–water partition coefficient (Wildman–Crippen LogP) is 3.92. The number of nitrogens with two attached hydrogens (primary N) is 1. The third kappa shape index (κ3) is 3.34. The van der Waals surface area contributed by atoms with Gasteiger partial charge in [0, 0.05) is 17.1 Å². The summed E-state index contributed by atoms with van der Waals surface area (Å²) in [6.45, 7) is 2.32. The lowest BCUT2D eigenvalue weighted by atomic mass is 10.1. The Kier molecular flexibility index (Phi) is 4.36. The zero-order chi connectivity index (χ0) is 14.7. The third-order valence-corrected chi connectivity index (χ3v) is 3.24. The van der Waals surface area contributed by atoms with Crippen LogP contribution in [-0.4, -0.2) is 4.92 Å². The Morgan fingerprint density at radius 3 is 2.70 bits per heavy atom. The molecule has 0 radical (unpaired) electrons. The van der Waals surface area contributed by atoms with Crippen LogP contribution >= 0.6 is 15.9 Å². The molecule has 0 aliphatic carbocycles. The average Bonchev–Trinajstić information content (AvgIpc) is 2.40. The molecule has 0 aliphatic heterocycles. The van der Waals surface area contributed by atoms with E-state index in [0.717, 1.165) is 11.1 Å². The van der Waals surface area contributed by atoms with Gasteiger partial charge in [-0.2, -0.15) is 0 Å². The first-order chi connectivity index (χ1) is 9.49. The van der Waals surface area contributed by atoms with Crippen molar-refractivity contribution in [3.63, 3.8) is 0 Å². The van der Waals surface area contributed by atoms with Gasteiger partial charge in [-0.25, -0.2) is 0 Å². The summed E-state index contributed by atoms with van der Waals surface area (Å²) in [5.74, 6) is 1.05. The van der Waals surface area contributed by atoms with Crippen molar-refractivity contribution in [3.05, 3.63) is 62.1 Å². The summed E-state index contributed by atoms with van der Waals surface area (Å²) in [5, 5.41) is 10.8. The quantitative estimate of drug-likeness (QED) is 0.677. The topological polar surface area (TPSA) is 78.4 Å². The summed E-state index contributed by atoms with van der Waals surface area (Å²) in [7, 11) is 0. The van der Waals surface area contributed by atoms with Gasteiger partial charge in [-0.15, -0.1) is 0 Å². The van der Waals surface area contributed by atoms with Gasteiger partial charge in [-0.3, -0.25) is 10.1 Å². The first kappa shape index (κ1) is 14.5. The van der Waals surface area contributed by atoms with E-state index in [-0.39, 0.29) is 5.69 Å². The lowest BCUT2D eigenvalue weighted by Gasteiger charge is -2.10. The van der Waals surface area contributed by atoms with Crippen LogP contribution in [0.4, 0.5) is 5.69 Å². The van der Waals surface area contributed by atoms with Gasteiger partial charge < -0.3 is 10.5 Å². The van der Waals surface area contributed by atoms with Crippen LogP contribution < -0.4 is 10.5 Å². The molecule has 104 valence electrons. The van der Waals surface area contributed by atoms with E-state index in [1.165, 1.54) is 12.1 Å². The van der Waals surface area contributed by atoms with E-state index in [2.05, 4.69) is 15.9 Å². The molecule has 0 heterocycles. The molecule has 0 aliphatic rings. The molecule has 0 bridgehead atoms. The van der Waals surface area contributed by atoms with E-state index in [1.54, 1.807) is 6.07 Å². The Bertz CT molecular complexity index is 659. The maximum absolute atomic E-state index is 10.8. The number of hydrogen-bond donors (Lipinski definition) is 1. The molecule has 2 aromatic carbocycles. The molecular weight excluding hydrogens is 324 g/mol. The molecule has 0 fully saturated rings. The van der Waals surface area contributed by atoms with Crippen molar-refractivity contribution in [1.29, 1.82) is 0 Å². The van der Waals surface area contributed by atoms with Gasteiger partial charge in [0.2, 0.25) is 0 Å². The molecule has 0 amide bonds. The van der Waals surface area contributed by atoms with Crippen LogP contribution in [0, 0.1) is 17.0 Å². The molecule has 6 heteroatoms. The Morgan fingerprint density at radius 1 is 1.30 bits per heavy atom. The number of benzene rings is 2. The summed E-state index contributed by atoms with van der Waals surface area (Å²) in [4.78, 5) is 10.4. The highest BCUT2D eigenvalue weighted by Gasteiger charge is 2.11. The Balaban J connectivity index is 2.36. The van der Waals surface area contributed by atoms with E-state index in [0.29, 0.717) is 22.5 Å². The van der Waals surface area contributed by atoms with Crippen LogP contribution in [0.15, 0.2) is 40.9 Å². The van der Waals surface area contributed by atoms with Crippen LogP contribution in [-0.2, 0) is 6.54 Å². The smallest absolute Gasteiger partial charge is 0.274 e. The van der Waals surface area contributed by atoms with Crippen molar-refractivity contribution in [2.24, 2.45) is 5.73 Å². The van der Waals surface area contributed by atoms with Crippen molar-refractivity contribution in [2.45, 2.75) is 13.5 Å². The molecule has 20 heavy (non-hydrogen) atoms. The fourth-order valence-electron chi connectivity index (χ4n) is 1.72. The number of nitro groups is 1. The van der Waals surface area contributed by atoms with Crippen molar-refractivity contribution in [2.75, 3.05) is 0 Å². The summed E-state index contributed by atoms with van der Waals surface area (Å²) < 4.78 is 6.33. The average molecular weight is 337 g/mol. The van der Waals surface area contributed by atoms with Gasteiger partial charge in [0.25, 0.3) is 5.69 Å². The summed E-state index contributed by atoms with van der Waals surface area (Å²) in [5.41, 5.74) is 7.45. The summed E-state index contributed by atoms with van der Waals surface area (Å²) in [6.07, 6.45) is 0. The van der Waals surface area contributed by atoms with Crippen molar-refractivity contribution >= 4 is 21.6 Å². The van der Waals surface area contributed by atoms with Crippen molar-refractivity contribution < 1.29 is 9.66 Å².